The minimum Gasteiger partial charge on any atom is -0.467 e. The highest BCUT2D eigenvalue weighted by molar-refractivity contribution is 5.87. The molecule has 0 heterocycles. The fourth-order valence-corrected chi connectivity index (χ4v) is 2.88. The zero-order valence-corrected chi connectivity index (χ0v) is 18.4. The number of methoxy groups -OCH3 is 1. The minimum atomic E-state index is -0.861. The Morgan fingerprint density at radius 2 is 1.58 bits per heavy atom. The fraction of sp³-hybridized carbons (Fsp3) is 0.375. The van der Waals surface area contributed by atoms with Crippen molar-refractivity contribution >= 4 is 18.0 Å². The summed E-state index contributed by atoms with van der Waals surface area (Å²) in [5, 5.41) is 4.98. The number of esters is 1. The van der Waals surface area contributed by atoms with E-state index in [-0.39, 0.29) is 25.0 Å². The first kappa shape index (κ1) is 23.9. The van der Waals surface area contributed by atoms with Crippen LogP contribution in [-0.4, -0.2) is 37.7 Å². The number of amides is 2. The maximum Gasteiger partial charge on any atom is 0.407 e. The lowest BCUT2D eigenvalue weighted by atomic mass is 9.86. The van der Waals surface area contributed by atoms with Gasteiger partial charge in [-0.05, 0) is 22.1 Å². The van der Waals surface area contributed by atoms with Crippen LogP contribution < -0.4 is 10.6 Å². The molecule has 0 saturated heterocycles. The van der Waals surface area contributed by atoms with E-state index in [0.29, 0.717) is 0 Å². The van der Waals surface area contributed by atoms with Gasteiger partial charge in [-0.2, -0.15) is 0 Å². The van der Waals surface area contributed by atoms with E-state index in [9.17, 15) is 14.4 Å². The van der Waals surface area contributed by atoms with E-state index in [2.05, 4.69) is 31.4 Å². The van der Waals surface area contributed by atoms with Crippen LogP contribution in [0, 0.1) is 0 Å². The maximum absolute atomic E-state index is 12.2. The molecule has 0 saturated carbocycles. The van der Waals surface area contributed by atoms with Crippen LogP contribution in [0.15, 0.2) is 54.6 Å². The highest BCUT2D eigenvalue weighted by atomic mass is 16.5. The number of benzene rings is 2. The lowest BCUT2D eigenvalue weighted by Crippen LogP contribution is -2.47. The Hall–Kier alpha value is -3.35. The Labute approximate surface area is 183 Å². The number of carbonyl (C=O) groups is 3. The van der Waals surface area contributed by atoms with Gasteiger partial charge < -0.3 is 20.1 Å². The first-order valence-electron chi connectivity index (χ1n) is 10.1. The van der Waals surface area contributed by atoms with Gasteiger partial charge >= 0.3 is 12.1 Å². The van der Waals surface area contributed by atoms with E-state index in [1.54, 1.807) is 0 Å². The van der Waals surface area contributed by atoms with Crippen LogP contribution >= 0.6 is 0 Å². The largest absolute Gasteiger partial charge is 0.467 e. The summed E-state index contributed by atoms with van der Waals surface area (Å²) in [5.41, 5.74) is 2.92. The summed E-state index contributed by atoms with van der Waals surface area (Å²) in [5.74, 6) is -1.07. The Balaban J connectivity index is 1.86. The monoisotopic (exact) mass is 426 g/mol. The lowest BCUT2D eigenvalue weighted by Gasteiger charge is -2.20. The van der Waals surface area contributed by atoms with Crippen LogP contribution in [0.5, 0.6) is 0 Å². The van der Waals surface area contributed by atoms with Crippen LogP contribution in [0.4, 0.5) is 4.79 Å². The molecule has 0 unspecified atom stereocenters. The molecule has 0 aliphatic heterocycles. The zero-order chi connectivity index (χ0) is 22.9. The van der Waals surface area contributed by atoms with Crippen molar-refractivity contribution in [3.63, 3.8) is 0 Å². The molecule has 0 aliphatic rings. The van der Waals surface area contributed by atoms with Gasteiger partial charge in [0.25, 0.3) is 0 Å². The molecule has 2 aromatic rings. The highest BCUT2D eigenvalue weighted by Crippen LogP contribution is 2.22. The first-order chi connectivity index (χ1) is 14.7. The van der Waals surface area contributed by atoms with Gasteiger partial charge in [-0.3, -0.25) is 4.79 Å². The van der Waals surface area contributed by atoms with Gasteiger partial charge in [-0.25, -0.2) is 9.59 Å². The molecule has 7 heteroatoms. The van der Waals surface area contributed by atoms with Gasteiger partial charge in [-0.15, -0.1) is 0 Å². The summed E-state index contributed by atoms with van der Waals surface area (Å²) in [7, 11) is 1.27. The molecular weight excluding hydrogens is 396 g/mol. The fourth-order valence-electron chi connectivity index (χ4n) is 2.88. The highest BCUT2D eigenvalue weighted by Gasteiger charge is 2.23. The van der Waals surface area contributed by atoms with Gasteiger partial charge in [0.1, 0.15) is 19.2 Å². The van der Waals surface area contributed by atoms with E-state index in [0.717, 1.165) is 11.1 Å². The van der Waals surface area contributed by atoms with Crippen molar-refractivity contribution in [2.75, 3.05) is 13.7 Å². The summed E-state index contributed by atoms with van der Waals surface area (Å²) in [4.78, 5) is 36.2. The molecule has 166 valence electrons. The minimum absolute atomic E-state index is 0.0231. The SMILES string of the molecule is COC(=O)[C@@H](Cc1ccc(C(C)(C)C)cc1)NC(=O)CNC(=O)OCc1ccccc1. The van der Waals surface area contributed by atoms with Crippen molar-refractivity contribution in [2.45, 2.75) is 45.3 Å². The molecule has 0 radical (unpaired) electrons. The number of carbonyl (C=O) groups excluding carboxylic acids is 3. The third-order valence-corrected chi connectivity index (χ3v) is 4.69. The van der Waals surface area contributed by atoms with Crippen molar-refractivity contribution in [3.05, 3.63) is 71.3 Å². The van der Waals surface area contributed by atoms with Crippen molar-refractivity contribution in [1.82, 2.24) is 10.6 Å². The molecule has 2 N–H and O–H groups in total. The Bertz CT molecular complexity index is 873. The summed E-state index contributed by atoms with van der Waals surface area (Å²) >= 11 is 0. The number of nitrogens with one attached hydrogen (secondary N) is 2. The Kier molecular flexibility index (Phi) is 8.61. The normalized spacial score (nSPS) is 11.9. The Morgan fingerprint density at radius 3 is 2.16 bits per heavy atom. The maximum atomic E-state index is 12.2. The van der Waals surface area contributed by atoms with Crippen molar-refractivity contribution in [3.8, 4) is 0 Å². The third kappa shape index (κ3) is 8.12. The van der Waals surface area contributed by atoms with Gasteiger partial charge in [-0.1, -0.05) is 75.4 Å². The van der Waals surface area contributed by atoms with Gasteiger partial charge in [0.05, 0.1) is 7.11 Å². The molecule has 1 atom stereocenters. The van der Waals surface area contributed by atoms with Crippen LogP contribution in [0.1, 0.15) is 37.5 Å². The predicted molar refractivity (Wildman–Crippen MR) is 117 cm³/mol. The quantitative estimate of drug-likeness (QED) is 0.633. The molecule has 2 aromatic carbocycles. The van der Waals surface area contributed by atoms with Crippen LogP contribution in [0.2, 0.25) is 0 Å². The molecule has 7 nitrogen and oxygen atoms in total. The first-order valence-corrected chi connectivity index (χ1v) is 10.1. The summed E-state index contributed by atoms with van der Waals surface area (Å²) in [6.45, 7) is 6.15. The van der Waals surface area contributed by atoms with Crippen molar-refractivity contribution in [1.29, 1.82) is 0 Å². The average molecular weight is 427 g/mol. The molecule has 0 bridgehead atoms. The average Bonchev–Trinajstić information content (AvgIpc) is 2.75. The molecule has 2 amide bonds. The number of hydrogen-bond acceptors (Lipinski definition) is 5. The van der Waals surface area contributed by atoms with Gasteiger partial charge in [0, 0.05) is 6.42 Å². The van der Waals surface area contributed by atoms with Crippen LogP contribution in [0.3, 0.4) is 0 Å². The molecular formula is C24H30N2O5. The number of hydrogen-bond donors (Lipinski definition) is 2. The Morgan fingerprint density at radius 1 is 0.935 bits per heavy atom. The molecule has 0 fully saturated rings. The number of ether oxygens (including phenoxy) is 2. The van der Waals surface area contributed by atoms with Crippen LogP contribution in [-0.2, 0) is 37.5 Å². The summed E-state index contributed by atoms with van der Waals surface area (Å²) < 4.78 is 9.88. The van der Waals surface area contributed by atoms with E-state index >= 15 is 0 Å². The molecule has 0 spiro atoms. The predicted octanol–water partition coefficient (Wildman–Crippen LogP) is 3.11. The van der Waals surface area contributed by atoms with Crippen molar-refractivity contribution < 1.29 is 23.9 Å². The molecule has 0 aromatic heterocycles. The second-order valence-corrected chi connectivity index (χ2v) is 8.21. The number of alkyl carbamates (subject to hydrolysis) is 1. The van der Waals surface area contributed by atoms with Gasteiger partial charge in [0.15, 0.2) is 0 Å². The van der Waals surface area contributed by atoms with E-state index in [4.69, 9.17) is 9.47 Å². The molecule has 31 heavy (non-hydrogen) atoms. The van der Waals surface area contributed by atoms with Crippen molar-refractivity contribution in [2.24, 2.45) is 0 Å². The smallest absolute Gasteiger partial charge is 0.407 e. The van der Waals surface area contributed by atoms with Gasteiger partial charge in [0.2, 0.25) is 5.91 Å². The number of rotatable bonds is 8. The molecule has 0 aliphatic carbocycles. The third-order valence-electron chi connectivity index (χ3n) is 4.69. The van der Waals surface area contributed by atoms with E-state index < -0.39 is 24.0 Å². The lowest BCUT2D eigenvalue weighted by molar-refractivity contribution is -0.144. The topological polar surface area (TPSA) is 93.7 Å². The second kappa shape index (κ2) is 11.2. The zero-order valence-electron chi connectivity index (χ0n) is 18.4. The summed E-state index contributed by atoms with van der Waals surface area (Å²) in [6.07, 6.45) is -0.437. The standard InChI is InChI=1S/C24H30N2O5/c1-24(2,3)19-12-10-17(11-13-19)14-20(22(28)30-4)26-21(27)15-25-23(29)31-16-18-8-6-5-7-9-18/h5-13,20H,14-16H2,1-4H3,(H,25,29)(H,26,27)/t20-/m1/s1. The second-order valence-electron chi connectivity index (χ2n) is 8.21. The van der Waals surface area contributed by atoms with Crippen LogP contribution in [0.25, 0.3) is 0 Å². The molecule has 2 rings (SSSR count). The van der Waals surface area contributed by atoms with E-state index in [1.807, 2.05) is 54.6 Å². The van der Waals surface area contributed by atoms with E-state index in [1.165, 1.54) is 12.7 Å². The summed E-state index contributed by atoms with van der Waals surface area (Å²) in [6, 6.07) is 16.2.